The van der Waals surface area contributed by atoms with Crippen molar-refractivity contribution < 1.29 is 18.7 Å². The number of nitrogens with zero attached hydrogens (tertiary/aromatic N) is 3. The number of thioether (sulfide) groups is 1. The van der Waals surface area contributed by atoms with Gasteiger partial charge >= 0.3 is 0 Å². The number of benzene rings is 3. The Morgan fingerprint density at radius 1 is 0.868 bits per heavy atom. The summed E-state index contributed by atoms with van der Waals surface area (Å²) in [5.41, 5.74) is 3.97. The van der Waals surface area contributed by atoms with Crippen LogP contribution in [-0.4, -0.2) is 36.4 Å². The lowest BCUT2D eigenvalue weighted by molar-refractivity contribution is -0.122. The second kappa shape index (κ2) is 11.7. The molecule has 0 atom stereocenters. The first kappa shape index (κ1) is 25.1. The fraction of sp³-hybridized carbons (Fsp3) is 0.100. The first-order valence-corrected chi connectivity index (χ1v) is 12.7. The summed E-state index contributed by atoms with van der Waals surface area (Å²) in [7, 11) is 3.16. The Kier molecular flexibility index (Phi) is 7.70. The molecule has 2 heterocycles. The number of ether oxygens (including phenoxy) is 2. The summed E-state index contributed by atoms with van der Waals surface area (Å²) in [6.45, 7) is 0.258. The number of rotatable bonds is 8. The average molecular weight is 524 g/mol. The molecule has 5 rings (SSSR count). The third-order valence-electron chi connectivity index (χ3n) is 5.86. The van der Waals surface area contributed by atoms with Crippen molar-refractivity contribution in [2.75, 3.05) is 14.2 Å². The average Bonchev–Trinajstić information content (AvgIpc) is 3.58. The van der Waals surface area contributed by atoms with Gasteiger partial charge in [-0.2, -0.15) is 5.10 Å². The number of furan rings is 1. The Labute approximate surface area is 225 Å². The van der Waals surface area contributed by atoms with E-state index in [2.05, 4.69) is 34.5 Å². The van der Waals surface area contributed by atoms with Crippen molar-refractivity contribution in [1.29, 1.82) is 0 Å². The third-order valence-corrected chi connectivity index (χ3v) is 6.85. The highest BCUT2D eigenvalue weighted by atomic mass is 32.2. The zero-order valence-corrected chi connectivity index (χ0v) is 21.7. The van der Waals surface area contributed by atoms with Gasteiger partial charge in [0.05, 0.1) is 38.1 Å². The molecule has 1 aliphatic rings. The first-order valence-electron chi connectivity index (χ1n) is 11.9. The van der Waals surface area contributed by atoms with Gasteiger partial charge in [0.1, 0.15) is 5.76 Å². The van der Waals surface area contributed by atoms with Gasteiger partial charge in [0, 0.05) is 0 Å². The van der Waals surface area contributed by atoms with Crippen LogP contribution in [0.2, 0.25) is 0 Å². The fourth-order valence-corrected chi connectivity index (χ4v) is 4.85. The van der Waals surface area contributed by atoms with Crippen LogP contribution in [0.4, 0.5) is 0 Å². The van der Waals surface area contributed by atoms with Crippen LogP contribution in [0.5, 0.6) is 11.5 Å². The van der Waals surface area contributed by atoms with Crippen molar-refractivity contribution in [2.45, 2.75) is 6.54 Å². The number of methoxy groups -OCH3 is 2. The standard InChI is InChI=1S/C30H25N3O4S/c1-35-26-15-12-22(17-27(26)36-2)19-31-32-30-33(20-25-9-6-16-37-25)29(34)28(38-30)18-21-10-13-24(14-11-21)23-7-4-3-5-8-23/h3-19H,20H2,1-2H3/b28-18-,31-19+,32-30-. The SMILES string of the molecule is COc1ccc(/C=N/N=C2\S/C(=C\c3ccc(-c4ccccc4)cc3)C(=O)N2Cc2ccco2)cc1OC. The van der Waals surface area contributed by atoms with Crippen LogP contribution in [0, 0.1) is 0 Å². The molecule has 0 bridgehead atoms. The number of hydrogen-bond donors (Lipinski definition) is 0. The molecule has 4 aromatic rings. The predicted octanol–water partition coefficient (Wildman–Crippen LogP) is 6.47. The molecule has 1 saturated heterocycles. The molecule has 7 nitrogen and oxygen atoms in total. The van der Waals surface area contributed by atoms with Crippen LogP contribution in [0.3, 0.4) is 0 Å². The van der Waals surface area contributed by atoms with Crippen molar-refractivity contribution >= 4 is 35.1 Å². The summed E-state index contributed by atoms with van der Waals surface area (Å²) in [5, 5.41) is 9.09. The molecule has 1 aromatic heterocycles. The minimum absolute atomic E-state index is 0.154. The van der Waals surface area contributed by atoms with Gasteiger partial charge in [-0.25, -0.2) is 0 Å². The molecule has 0 saturated carbocycles. The molecule has 0 unspecified atom stereocenters. The largest absolute Gasteiger partial charge is 0.493 e. The van der Waals surface area contributed by atoms with Gasteiger partial charge in [-0.15, -0.1) is 5.10 Å². The lowest BCUT2D eigenvalue weighted by atomic mass is 10.0. The molecule has 190 valence electrons. The molecular formula is C30H25N3O4S. The van der Waals surface area contributed by atoms with Gasteiger partial charge in [0.15, 0.2) is 16.7 Å². The van der Waals surface area contributed by atoms with E-state index in [1.165, 1.54) is 11.8 Å². The quantitative estimate of drug-likeness (QED) is 0.150. The van der Waals surface area contributed by atoms with E-state index in [4.69, 9.17) is 13.9 Å². The molecular weight excluding hydrogens is 498 g/mol. The van der Waals surface area contributed by atoms with E-state index in [0.29, 0.717) is 27.3 Å². The van der Waals surface area contributed by atoms with Gasteiger partial charge in [0.2, 0.25) is 0 Å². The second-order valence-corrected chi connectivity index (χ2v) is 9.32. The highest BCUT2D eigenvalue weighted by molar-refractivity contribution is 8.18. The van der Waals surface area contributed by atoms with Crippen LogP contribution < -0.4 is 9.47 Å². The van der Waals surface area contributed by atoms with Gasteiger partial charge in [-0.3, -0.25) is 9.69 Å². The molecule has 0 spiro atoms. The number of carbonyl (C=O) groups is 1. The van der Waals surface area contributed by atoms with E-state index >= 15 is 0 Å². The summed E-state index contributed by atoms with van der Waals surface area (Å²) in [6.07, 6.45) is 5.06. The highest BCUT2D eigenvalue weighted by Crippen LogP contribution is 2.34. The molecule has 1 aliphatic heterocycles. The smallest absolute Gasteiger partial charge is 0.267 e. The number of amides is 1. The van der Waals surface area contributed by atoms with E-state index in [1.807, 2.05) is 48.5 Å². The molecule has 0 radical (unpaired) electrons. The maximum atomic E-state index is 13.4. The summed E-state index contributed by atoms with van der Waals surface area (Å²) in [4.78, 5) is 15.5. The van der Waals surface area contributed by atoms with Crippen molar-refractivity contribution in [2.24, 2.45) is 10.2 Å². The predicted molar refractivity (Wildman–Crippen MR) is 151 cm³/mol. The van der Waals surface area contributed by atoms with Crippen LogP contribution in [0.25, 0.3) is 17.2 Å². The number of amidine groups is 1. The van der Waals surface area contributed by atoms with Crippen molar-refractivity contribution in [3.05, 3.63) is 113 Å². The van der Waals surface area contributed by atoms with E-state index < -0.39 is 0 Å². The highest BCUT2D eigenvalue weighted by Gasteiger charge is 2.34. The maximum Gasteiger partial charge on any atom is 0.267 e. The van der Waals surface area contributed by atoms with Crippen LogP contribution in [-0.2, 0) is 11.3 Å². The normalized spacial score (nSPS) is 15.6. The lowest BCUT2D eigenvalue weighted by Gasteiger charge is -2.12. The van der Waals surface area contributed by atoms with Crippen LogP contribution >= 0.6 is 11.8 Å². The summed E-state index contributed by atoms with van der Waals surface area (Å²) in [6, 6.07) is 27.4. The van der Waals surface area contributed by atoms with Gasteiger partial charge in [-0.1, -0.05) is 54.6 Å². The Hall–Kier alpha value is -4.56. The van der Waals surface area contributed by atoms with Crippen molar-refractivity contribution in [3.8, 4) is 22.6 Å². The molecule has 3 aromatic carbocycles. The minimum atomic E-state index is -0.154. The van der Waals surface area contributed by atoms with E-state index in [1.54, 1.807) is 49.8 Å². The Bertz CT molecular complexity index is 1490. The lowest BCUT2D eigenvalue weighted by Crippen LogP contribution is -2.28. The van der Waals surface area contributed by atoms with Crippen LogP contribution in [0.15, 0.2) is 111 Å². The minimum Gasteiger partial charge on any atom is -0.493 e. The van der Waals surface area contributed by atoms with Gasteiger partial charge in [0.25, 0.3) is 5.91 Å². The van der Waals surface area contributed by atoms with Gasteiger partial charge in [-0.05, 0) is 70.4 Å². The fourth-order valence-electron chi connectivity index (χ4n) is 3.91. The Morgan fingerprint density at radius 2 is 1.61 bits per heavy atom. The van der Waals surface area contributed by atoms with E-state index in [9.17, 15) is 4.79 Å². The summed E-state index contributed by atoms with van der Waals surface area (Å²) >= 11 is 1.28. The molecule has 38 heavy (non-hydrogen) atoms. The molecule has 1 fully saturated rings. The zero-order chi connectivity index (χ0) is 26.3. The topological polar surface area (TPSA) is 76.6 Å². The Balaban J connectivity index is 1.39. The second-order valence-electron chi connectivity index (χ2n) is 8.31. The molecule has 0 N–H and O–H groups in total. The third kappa shape index (κ3) is 5.71. The molecule has 0 aliphatic carbocycles. The summed E-state index contributed by atoms with van der Waals surface area (Å²) < 4.78 is 16.1. The maximum absolute atomic E-state index is 13.4. The Morgan fingerprint density at radius 3 is 2.32 bits per heavy atom. The van der Waals surface area contributed by atoms with Gasteiger partial charge < -0.3 is 13.9 Å². The number of hydrogen-bond acceptors (Lipinski definition) is 7. The zero-order valence-electron chi connectivity index (χ0n) is 20.9. The van der Waals surface area contributed by atoms with Crippen molar-refractivity contribution in [1.82, 2.24) is 4.90 Å². The van der Waals surface area contributed by atoms with E-state index in [-0.39, 0.29) is 12.5 Å². The van der Waals surface area contributed by atoms with E-state index in [0.717, 1.165) is 22.3 Å². The molecule has 1 amide bonds. The molecule has 8 heteroatoms. The number of carbonyl (C=O) groups excluding carboxylic acids is 1. The van der Waals surface area contributed by atoms with Crippen LogP contribution in [0.1, 0.15) is 16.9 Å². The van der Waals surface area contributed by atoms with Crippen molar-refractivity contribution in [3.63, 3.8) is 0 Å². The first-order chi connectivity index (χ1) is 18.6. The monoisotopic (exact) mass is 523 g/mol. The summed E-state index contributed by atoms with van der Waals surface area (Å²) in [5.74, 6) is 1.73.